The summed E-state index contributed by atoms with van der Waals surface area (Å²) in [6, 6.07) is 12.0. The first-order valence-electron chi connectivity index (χ1n) is 7.68. The zero-order valence-electron chi connectivity index (χ0n) is 14.0. The Balaban J connectivity index is 1.91. The first-order chi connectivity index (χ1) is 11.3. The molecule has 0 atom stereocenters. The Labute approximate surface area is 156 Å². The standard InChI is InChI=1S/C19H21IN2O2/c1-19(2,3)24-18(23)22-13-15-8-6-14(7-9-15)10-11-16-5-4-12-21-17(16)20/h4-12H,13H2,1-3H3,(H,22,23)/b11-10+. The Bertz CT molecular complexity index is 719. The number of rotatable bonds is 4. The second kappa shape index (κ2) is 8.28. The molecule has 0 radical (unpaired) electrons. The lowest BCUT2D eigenvalue weighted by Gasteiger charge is -2.19. The number of halogens is 1. The molecule has 0 saturated heterocycles. The second-order valence-corrected chi connectivity index (χ2v) is 7.34. The van der Waals surface area contributed by atoms with Crippen LogP contribution >= 0.6 is 22.6 Å². The third kappa shape index (κ3) is 6.31. The number of hydrogen-bond acceptors (Lipinski definition) is 3. The largest absolute Gasteiger partial charge is 0.444 e. The monoisotopic (exact) mass is 436 g/mol. The predicted octanol–water partition coefficient (Wildman–Crippen LogP) is 4.88. The minimum absolute atomic E-state index is 0.405. The van der Waals surface area contributed by atoms with E-state index in [1.165, 1.54) is 0 Å². The number of benzene rings is 1. The molecule has 2 rings (SSSR count). The van der Waals surface area contributed by atoms with Crippen LogP contribution in [0.1, 0.15) is 37.5 Å². The van der Waals surface area contributed by atoms with E-state index >= 15 is 0 Å². The smallest absolute Gasteiger partial charge is 0.407 e. The Kier molecular flexibility index (Phi) is 6.36. The van der Waals surface area contributed by atoms with E-state index in [0.717, 1.165) is 20.4 Å². The zero-order valence-corrected chi connectivity index (χ0v) is 16.2. The van der Waals surface area contributed by atoms with Crippen molar-refractivity contribution in [1.82, 2.24) is 10.3 Å². The van der Waals surface area contributed by atoms with Crippen molar-refractivity contribution in [3.05, 3.63) is 63.0 Å². The number of alkyl carbamates (subject to hydrolysis) is 1. The van der Waals surface area contributed by atoms with Gasteiger partial charge in [-0.3, -0.25) is 0 Å². The molecule has 1 aromatic carbocycles. The number of nitrogens with zero attached hydrogens (tertiary/aromatic N) is 1. The fraction of sp³-hybridized carbons (Fsp3) is 0.263. The lowest BCUT2D eigenvalue weighted by Crippen LogP contribution is -2.32. The van der Waals surface area contributed by atoms with E-state index in [2.05, 4.69) is 32.9 Å². The Morgan fingerprint density at radius 1 is 1.21 bits per heavy atom. The van der Waals surface area contributed by atoms with E-state index in [1.54, 1.807) is 6.20 Å². The summed E-state index contributed by atoms with van der Waals surface area (Å²) in [5.74, 6) is 0. The minimum atomic E-state index is -0.484. The average Bonchev–Trinajstić information content (AvgIpc) is 2.51. The molecule has 0 bridgehead atoms. The van der Waals surface area contributed by atoms with Gasteiger partial charge in [-0.15, -0.1) is 0 Å². The zero-order chi connectivity index (χ0) is 17.6. The van der Waals surface area contributed by atoms with Crippen LogP contribution in [0.4, 0.5) is 4.79 Å². The number of carbonyl (C=O) groups excluding carboxylic acids is 1. The van der Waals surface area contributed by atoms with E-state index < -0.39 is 11.7 Å². The van der Waals surface area contributed by atoms with E-state index in [9.17, 15) is 4.79 Å². The maximum absolute atomic E-state index is 11.6. The molecule has 1 N–H and O–H groups in total. The topological polar surface area (TPSA) is 51.2 Å². The van der Waals surface area contributed by atoms with Gasteiger partial charge in [0, 0.05) is 18.3 Å². The molecule has 24 heavy (non-hydrogen) atoms. The summed E-state index contributed by atoms with van der Waals surface area (Å²) < 4.78 is 6.19. The van der Waals surface area contributed by atoms with E-state index in [0.29, 0.717) is 6.54 Å². The quantitative estimate of drug-likeness (QED) is 0.549. The highest BCUT2D eigenvalue weighted by molar-refractivity contribution is 14.1. The third-order valence-corrected chi connectivity index (χ3v) is 3.96. The Morgan fingerprint density at radius 2 is 1.92 bits per heavy atom. The number of amides is 1. The van der Waals surface area contributed by atoms with Gasteiger partial charge in [0.2, 0.25) is 0 Å². The van der Waals surface area contributed by atoms with Gasteiger partial charge in [-0.05, 0) is 60.6 Å². The van der Waals surface area contributed by atoms with E-state index in [1.807, 2.05) is 69.3 Å². The SMILES string of the molecule is CC(C)(C)OC(=O)NCc1ccc(/C=C/c2cccnc2I)cc1. The van der Waals surface area contributed by atoms with Crippen LogP contribution in [-0.2, 0) is 11.3 Å². The van der Waals surface area contributed by atoms with Gasteiger partial charge in [-0.1, -0.05) is 42.5 Å². The molecule has 1 aromatic heterocycles. The van der Waals surface area contributed by atoms with Gasteiger partial charge in [0.05, 0.1) is 0 Å². The van der Waals surface area contributed by atoms with Gasteiger partial charge in [-0.2, -0.15) is 0 Å². The van der Waals surface area contributed by atoms with Crippen molar-refractivity contribution >= 4 is 40.8 Å². The van der Waals surface area contributed by atoms with Crippen molar-refractivity contribution in [3.63, 3.8) is 0 Å². The molecule has 0 aliphatic heterocycles. The van der Waals surface area contributed by atoms with Gasteiger partial charge in [0.25, 0.3) is 0 Å². The fourth-order valence-electron chi connectivity index (χ4n) is 1.94. The van der Waals surface area contributed by atoms with Crippen LogP contribution in [0.5, 0.6) is 0 Å². The Hall–Kier alpha value is -1.89. The summed E-state index contributed by atoms with van der Waals surface area (Å²) in [5.41, 5.74) is 2.72. The summed E-state index contributed by atoms with van der Waals surface area (Å²) >= 11 is 2.22. The lowest BCUT2D eigenvalue weighted by molar-refractivity contribution is 0.0523. The molecule has 126 valence electrons. The van der Waals surface area contributed by atoms with Crippen LogP contribution in [0, 0.1) is 3.70 Å². The molecule has 0 saturated carbocycles. The van der Waals surface area contributed by atoms with E-state index in [4.69, 9.17) is 4.74 Å². The minimum Gasteiger partial charge on any atom is -0.444 e. The average molecular weight is 436 g/mol. The number of ether oxygens (including phenoxy) is 1. The molecular weight excluding hydrogens is 415 g/mol. The van der Waals surface area contributed by atoms with Crippen LogP contribution in [-0.4, -0.2) is 16.7 Å². The summed E-state index contributed by atoms with van der Waals surface area (Å²) in [4.78, 5) is 15.9. The molecular formula is C19H21IN2O2. The molecule has 0 fully saturated rings. The number of hydrogen-bond donors (Lipinski definition) is 1. The van der Waals surface area contributed by atoms with Crippen molar-refractivity contribution in [2.75, 3.05) is 0 Å². The molecule has 0 aliphatic carbocycles. The highest BCUT2D eigenvalue weighted by Gasteiger charge is 2.15. The van der Waals surface area contributed by atoms with Crippen LogP contribution in [0.2, 0.25) is 0 Å². The first kappa shape index (κ1) is 18.4. The number of carbonyl (C=O) groups is 1. The summed E-state index contributed by atoms with van der Waals surface area (Å²) in [6.07, 6.45) is 5.47. The molecule has 4 nitrogen and oxygen atoms in total. The molecule has 0 spiro atoms. The maximum Gasteiger partial charge on any atom is 0.407 e. The Morgan fingerprint density at radius 3 is 2.54 bits per heavy atom. The lowest BCUT2D eigenvalue weighted by atomic mass is 10.1. The highest BCUT2D eigenvalue weighted by atomic mass is 127. The first-order valence-corrected chi connectivity index (χ1v) is 8.76. The van der Waals surface area contributed by atoms with Crippen LogP contribution in [0.15, 0.2) is 42.6 Å². The molecule has 0 unspecified atom stereocenters. The summed E-state index contributed by atoms with van der Waals surface area (Å²) in [5, 5.41) is 2.75. The number of aromatic nitrogens is 1. The van der Waals surface area contributed by atoms with Crippen molar-refractivity contribution in [2.45, 2.75) is 32.9 Å². The van der Waals surface area contributed by atoms with Gasteiger partial charge in [-0.25, -0.2) is 9.78 Å². The van der Waals surface area contributed by atoms with Crippen molar-refractivity contribution in [1.29, 1.82) is 0 Å². The summed E-state index contributed by atoms with van der Waals surface area (Å²) in [6.45, 7) is 5.98. The van der Waals surface area contributed by atoms with Crippen LogP contribution in [0.3, 0.4) is 0 Å². The summed E-state index contributed by atoms with van der Waals surface area (Å²) in [7, 11) is 0. The van der Waals surface area contributed by atoms with Crippen molar-refractivity contribution < 1.29 is 9.53 Å². The maximum atomic E-state index is 11.6. The molecule has 2 aromatic rings. The van der Waals surface area contributed by atoms with Gasteiger partial charge >= 0.3 is 6.09 Å². The molecule has 0 aliphatic rings. The second-order valence-electron chi connectivity index (χ2n) is 6.31. The molecule has 1 heterocycles. The molecule has 1 amide bonds. The van der Waals surface area contributed by atoms with Gasteiger partial charge in [0.15, 0.2) is 0 Å². The van der Waals surface area contributed by atoms with Gasteiger partial charge in [0.1, 0.15) is 9.30 Å². The third-order valence-electron chi connectivity index (χ3n) is 3.06. The fourth-order valence-corrected chi connectivity index (χ4v) is 2.46. The number of pyridine rings is 1. The van der Waals surface area contributed by atoms with Crippen LogP contribution < -0.4 is 5.32 Å². The van der Waals surface area contributed by atoms with Gasteiger partial charge < -0.3 is 10.1 Å². The number of nitrogens with one attached hydrogen (secondary N) is 1. The van der Waals surface area contributed by atoms with Crippen molar-refractivity contribution in [3.8, 4) is 0 Å². The molecule has 5 heteroatoms. The predicted molar refractivity (Wildman–Crippen MR) is 105 cm³/mol. The van der Waals surface area contributed by atoms with E-state index in [-0.39, 0.29) is 0 Å². The van der Waals surface area contributed by atoms with Crippen molar-refractivity contribution in [2.24, 2.45) is 0 Å². The van der Waals surface area contributed by atoms with Crippen LogP contribution in [0.25, 0.3) is 12.2 Å². The highest BCUT2D eigenvalue weighted by Crippen LogP contribution is 2.14. The normalized spacial score (nSPS) is 11.5.